The molecular formula is C13H11N3O4. The van der Waals surface area contributed by atoms with Crippen LogP contribution in [-0.2, 0) is 9.53 Å². The van der Waals surface area contributed by atoms with Crippen molar-refractivity contribution in [3.63, 3.8) is 0 Å². The summed E-state index contributed by atoms with van der Waals surface area (Å²) in [7, 11) is 0. The second-order valence-electron chi connectivity index (χ2n) is 3.84. The molecule has 102 valence electrons. The molecule has 0 bridgehead atoms. The Morgan fingerprint density at radius 1 is 1.55 bits per heavy atom. The number of aromatic nitrogens is 2. The van der Waals surface area contributed by atoms with Crippen LogP contribution in [0, 0.1) is 22.0 Å². The SMILES string of the molecule is CCOC(=O)CC#Cc1[nH]nc2ccc([N+](=O)[O-])cc12. The first-order valence-electron chi connectivity index (χ1n) is 5.89. The summed E-state index contributed by atoms with van der Waals surface area (Å²) < 4.78 is 4.74. The minimum absolute atomic E-state index is 0.0349. The number of benzene rings is 1. The summed E-state index contributed by atoms with van der Waals surface area (Å²) in [5.41, 5.74) is 0.983. The number of nitrogens with one attached hydrogen (secondary N) is 1. The molecule has 1 aromatic carbocycles. The third-order valence-electron chi connectivity index (χ3n) is 2.50. The zero-order valence-electron chi connectivity index (χ0n) is 10.7. The topological polar surface area (TPSA) is 98.1 Å². The van der Waals surface area contributed by atoms with Crippen LogP contribution < -0.4 is 0 Å². The van der Waals surface area contributed by atoms with Crippen LogP contribution in [0.4, 0.5) is 5.69 Å². The molecule has 1 aromatic heterocycles. The molecule has 0 aliphatic heterocycles. The Hall–Kier alpha value is -2.88. The van der Waals surface area contributed by atoms with Crippen molar-refractivity contribution in [3.05, 3.63) is 34.0 Å². The first-order valence-corrected chi connectivity index (χ1v) is 5.89. The van der Waals surface area contributed by atoms with E-state index < -0.39 is 10.9 Å². The maximum Gasteiger partial charge on any atom is 0.317 e. The number of non-ortho nitro benzene ring substituents is 1. The highest BCUT2D eigenvalue weighted by Crippen LogP contribution is 2.21. The van der Waals surface area contributed by atoms with E-state index in [4.69, 9.17) is 4.74 Å². The highest BCUT2D eigenvalue weighted by molar-refractivity contribution is 5.86. The summed E-state index contributed by atoms with van der Waals surface area (Å²) in [6.07, 6.45) is -0.0384. The first-order chi connectivity index (χ1) is 9.61. The fourth-order valence-corrected chi connectivity index (χ4v) is 1.62. The maximum atomic E-state index is 11.1. The van der Waals surface area contributed by atoms with E-state index in [-0.39, 0.29) is 12.1 Å². The molecule has 7 nitrogen and oxygen atoms in total. The number of rotatable bonds is 3. The number of ether oxygens (including phenoxy) is 1. The van der Waals surface area contributed by atoms with Gasteiger partial charge in [-0.15, -0.1) is 0 Å². The number of hydrogen-bond donors (Lipinski definition) is 1. The van der Waals surface area contributed by atoms with Gasteiger partial charge in [0.15, 0.2) is 0 Å². The van der Waals surface area contributed by atoms with Gasteiger partial charge in [0.05, 0.1) is 17.0 Å². The number of fused-ring (bicyclic) bond motifs is 1. The molecule has 0 spiro atoms. The quantitative estimate of drug-likeness (QED) is 0.398. The van der Waals surface area contributed by atoms with Crippen LogP contribution in [-0.4, -0.2) is 27.7 Å². The van der Waals surface area contributed by atoms with Gasteiger partial charge in [0.25, 0.3) is 5.69 Å². The summed E-state index contributed by atoms with van der Waals surface area (Å²) in [5.74, 6) is 4.97. The Morgan fingerprint density at radius 3 is 3.05 bits per heavy atom. The van der Waals surface area contributed by atoms with Gasteiger partial charge in [-0.1, -0.05) is 5.92 Å². The number of carbonyl (C=O) groups excluding carboxylic acids is 1. The molecule has 2 aromatic rings. The normalized spacial score (nSPS) is 9.85. The fraction of sp³-hybridized carbons (Fsp3) is 0.231. The minimum Gasteiger partial charge on any atom is -0.465 e. The third kappa shape index (κ3) is 2.92. The third-order valence-corrected chi connectivity index (χ3v) is 2.50. The van der Waals surface area contributed by atoms with Crippen LogP contribution in [0.25, 0.3) is 10.9 Å². The van der Waals surface area contributed by atoms with Crippen molar-refractivity contribution < 1.29 is 14.5 Å². The standard InChI is InChI=1S/C13H11N3O4/c1-2-20-13(17)5-3-4-11-10-8-9(16(18)19)6-7-12(10)15-14-11/h6-8H,2,5H2,1H3,(H,14,15). The van der Waals surface area contributed by atoms with Crippen LogP contribution in [0.5, 0.6) is 0 Å². The Morgan fingerprint density at radius 2 is 2.35 bits per heavy atom. The number of nitrogens with zero attached hydrogens (tertiary/aromatic N) is 2. The number of nitro benzene ring substituents is 1. The molecule has 0 unspecified atom stereocenters. The molecular weight excluding hydrogens is 262 g/mol. The van der Waals surface area contributed by atoms with Crippen LogP contribution >= 0.6 is 0 Å². The van der Waals surface area contributed by atoms with Gasteiger partial charge in [0.1, 0.15) is 12.1 Å². The van der Waals surface area contributed by atoms with Crippen molar-refractivity contribution in [2.24, 2.45) is 0 Å². The molecule has 0 saturated heterocycles. The Labute approximate surface area is 114 Å². The van der Waals surface area contributed by atoms with Crippen LogP contribution in [0.1, 0.15) is 19.0 Å². The molecule has 0 fully saturated rings. The van der Waals surface area contributed by atoms with E-state index in [9.17, 15) is 14.9 Å². The lowest BCUT2D eigenvalue weighted by Crippen LogP contribution is -2.01. The van der Waals surface area contributed by atoms with E-state index in [0.29, 0.717) is 23.2 Å². The van der Waals surface area contributed by atoms with Crippen molar-refractivity contribution in [1.29, 1.82) is 0 Å². The fourth-order valence-electron chi connectivity index (χ4n) is 1.62. The molecule has 7 heteroatoms. The predicted molar refractivity (Wildman–Crippen MR) is 70.9 cm³/mol. The molecule has 0 atom stereocenters. The summed E-state index contributed by atoms with van der Waals surface area (Å²) in [4.78, 5) is 21.4. The largest absolute Gasteiger partial charge is 0.465 e. The van der Waals surface area contributed by atoms with Gasteiger partial charge in [-0.05, 0) is 18.9 Å². The van der Waals surface area contributed by atoms with Gasteiger partial charge in [-0.3, -0.25) is 20.0 Å². The van der Waals surface area contributed by atoms with Crippen LogP contribution in [0.2, 0.25) is 0 Å². The minimum atomic E-state index is -0.484. The van der Waals surface area contributed by atoms with E-state index in [1.807, 2.05) is 0 Å². The number of aromatic amines is 1. The number of nitro groups is 1. The average Bonchev–Trinajstić information content (AvgIpc) is 2.81. The lowest BCUT2D eigenvalue weighted by atomic mass is 10.2. The van der Waals surface area contributed by atoms with Crippen molar-refractivity contribution in [3.8, 4) is 11.8 Å². The number of carbonyl (C=O) groups is 1. The molecule has 2 rings (SSSR count). The van der Waals surface area contributed by atoms with Gasteiger partial charge >= 0.3 is 5.97 Å². The van der Waals surface area contributed by atoms with E-state index >= 15 is 0 Å². The van der Waals surface area contributed by atoms with Crippen molar-refractivity contribution in [1.82, 2.24) is 10.2 Å². The van der Waals surface area contributed by atoms with E-state index in [2.05, 4.69) is 22.0 Å². The maximum absolute atomic E-state index is 11.1. The Bertz CT molecular complexity index is 724. The molecule has 0 amide bonds. The number of hydrogen-bond acceptors (Lipinski definition) is 5. The summed E-state index contributed by atoms with van der Waals surface area (Å²) in [6, 6.07) is 4.31. The second-order valence-corrected chi connectivity index (χ2v) is 3.84. The Kier molecular flexibility index (Phi) is 3.96. The summed E-state index contributed by atoms with van der Waals surface area (Å²) >= 11 is 0. The smallest absolute Gasteiger partial charge is 0.317 e. The van der Waals surface area contributed by atoms with Gasteiger partial charge in [0.2, 0.25) is 0 Å². The average molecular weight is 273 g/mol. The van der Waals surface area contributed by atoms with E-state index in [1.54, 1.807) is 13.0 Å². The number of H-pyrrole nitrogens is 1. The monoisotopic (exact) mass is 273 g/mol. The van der Waals surface area contributed by atoms with E-state index in [1.165, 1.54) is 12.1 Å². The molecule has 1 N–H and O–H groups in total. The molecule has 0 radical (unpaired) electrons. The molecule has 0 aliphatic carbocycles. The summed E-state index contributed by atoms with van der Waals surface area (Å²) in [5, 5.41) is 18.0. The molecule has 1 heterocycles. The zero-order chi connectivity index (χ0) is 14.5. The molecule has 0 aliphatic rings. The van der Waals surface area contributed by atoms with E-state index in [0.717, 1.165) is 0 Å². The lowest BCUT2D eigenvalue weighted by molar-refractivity contribution is -0.384. The predicted octanol–water partition coefficient (Wildman–Crippen LogP) is 1.78. The number of esters is 1. The van der Waals surface area contributed by atoms with Crippen molar-refractivity contribution in [2.45, 2.75) is 13.3 Å². The van der Waals surface area contributed by atoms with Crippen molar-refractivity contribution in [2.75, 3.05) is 6.61 Å². The van der Waals surface area contributed by atoms with Gasteiger partial charge in [-0.2, -0.15) is 5.10 Å². The molecule has 20 heavy (non-hydrogen) atoms. The van der Waals surface area contributed by atoms with Crippen molar-refractivity contribution >= 4 is 22.6 Å². The van der Waals surface area contributed by atoms with Gasteiger partial charge in [0, 0.05) is 17.5 Å². The summed E-state index contributed by atoms with van der Waals surface area (Å²) in [6.45, 7) is 2.02. The second kappa shape index (κ2) is 5.84. The van der Waals surface area contributed by atoms with Crippen LogP contribution in [0.15, 0.2) is 18.2 Å². The Balaban J connectivity index is 2.26. The first kappa shape index (κ1) is 13.5. The zero-order valence-corrected chi connectivity index (χ0v) is 10.7. The lowest BCUT2D eigenvalue weighted by Gasteiger charge is -1.94. The van der Waals surface area contributed by atoms with Crippen LogP contribution in [0.3, 0.4) is 0 Å². The van der Waals surface area contributed by atoms with Gasteiger partial charge < -0.3 is 4.74 Å². The van der Waals surface area contributed by atoms with Gasteiger partial charge in [-0.25, -0.2) is 0 Å². The highest BCUT2D eigenvalue weighted by Gasteiger charge is 2.10. The molecule has 0 saturated carbocycles. The highest BCUT2D eigenvalue weighted by atomic mass is 16.6.